The predicted octanol–water partition coefficient (Wildman–Crippen LogP) is 2.30. The van der Waals surface area contributed by atoms with Crippen LogP contribution in [0, 0.1) is 0 Å². The molecule has 0 spiro atoms. The highest BCUT2D eigenvalue weighted by Crippen LogP contribution is 2.32. The van der Waals surface area contributed by atoms with Gasteiger partial charge >= 0.3 is 5.97 Å². The summed E-state index contributed by atoms with van der Waals surface area (Å²) in [6, 6.07) is 12.8. The van der Waals surface area contributed by atoms with Gasteiger partial charge in [0.15, 0.2) is 9.84 Å². The van der Waals surface area contributed by atoms with E-state index in [1.165, 1.54) is 24.3 Å². The summed E-state index contributed by atoms with van der Waals surface area (Å²) in [5.74, 6) is -1.18. The number of ether oxygens (including phenoxy) is 2. The van der Waals surface area contributed by atoms with Crippen LogP contribution in [0.4, 0.5) is 0 Å². The predicted molar refractivity (Wildman–Crippen MR) is 101 cm³/mol. The molecule has 1 heterocycles. The number of hydrogen-bond donors (Lipinski definition) is 2. The summed E-state index contributed by atoms with van der Waals surface area (Å²) in [7, 11) is -4.09. The first kappa shape index (κ1) is 20.6. The molecule has 2 unspecified atom stereocenters. The van der Waals surface area contributed by atoms with E-state index in [1.807, 2.05) is 6.07 Å². The van der Waals surface area contributed by atoms with Gasteiger partial charge in [0.2, 0.25) is 5.60 Å². The molecule has 3 rings (SSSR count). The largest absolute Gasteiger partial charge is 0.489 e. The average molecular weight is 427 g/mol. The lowest BCUT2D eigenvalue weighted by molar-refractivity contribution is -0.171. The maximum atomic E-state index is 12.9. The second-order valence-corrected chi connectivity index (χ2v) is 9.06. The third-order valence-corrected chi connectivity index (χ3v) is 7.11. The van der Waals surface area contributed by atoms with Crippen molar-refractivity contribution < 1.29 is 32.9 Å². The summed E-state index contributed by atoms with van der Waals surface area (Å²) in [5.41, 5.74) is -1.63. The molecule has 1 aliphatic heterocycles. The second kappa shape index (κ2) is 8.08. The highest BCUT2D eigenvalue weighted by molar-refractivity contribution is 7.92. The highest BCUT2D eigenvalue weighted by Gasteiger charge is 2.53. The van der Waals surface area contributed by atoms with Gasteiger partial charge in [-0.1, -0.05) is 23.7 Å². The van der Waals surface area contributed by atoms with Crippen LogP contribution in [0.3, 0.4) is 0 Å². The van der Waals surface area contributed by atoms with Crippen molar-refractivity contribution in [3.63, 3.8) is 0 Å². The number of carboxylic acids is 1. The van der Waals surface area contributed by atoms with Crippen molar-refractivity contribution in [2.45, 2.75) is 28.8 Å². The first-order valence-corrected chi connectivity index (χ1v) is 10.4. The number of hydrogen-bond acceptors (Lipinski definition) is 6. The Kier molecular flexibility index (Phi) is 5.95. The van der Waals surface area contributed by atoms with E-state index >= 15 is 0 Å². The van der Waals surface area contributed by atoms with E-state index < -0.39 is 33.3 Å². The second-order valence-electron chi connectivity index (χ2n) is 6.49. The summed E-state index contributed by atoms with van der Waals surface area (Å²) in [4.78, 5) is 11.3. The summed E-state index contributed by atoms with van der Waals surface area (Å²) in [6.07, 6.45) is -0.113. The van der Waals surface area contributed by atoms with Crippen molar-refractivity contribution >= 4 is 27.4 Å². The van der Waals surface area contributed by atoms with Crippen LogP contribution in [0.25, 0.3) is 0 Å². The maximum absolute atomic E-state index is 12.9. The minimum atomic E-state index is -4.09. The van der Waals surface area contributed by atoms with Crippen LogP contribution in [0.5, 0.6) is 5.75 Å². The van der Waals surface area contributed by atoms with E-state index in [1.54, 1.807) is 18.2 Å². The molecular formula is C19H19ClO7S. The van der Waals surface area contributed by atoms with Crippen LogP contribution in [-0.4, -0.2) is 48.7 Å². The van der Waals surface area contributed by atoms with Crippen molar-refractivity contribution in [2.75, 3.05) is 13.2 Å². The molecule has 2 aromatic carbocycles. The first-order chi connectivity index (χ1) is 13.2. The van der Waals surface area contributed by atoms with Crippen molar-refractivity contribution in [3.8, 4) is 5.75 Å². The Morgan fingerprint density at radius 3 is 2.61 bits per heavy atom. The molecule has 0 bridgehead atoms. The molecule has 1 aliphatic rings. The van der Waals surface area contributed by atoms with E-state index in [0.717, 1.165) is 5.56 Å². The van der Waals surface area contributed by atoms with Crippen LogP contribution in [0.15, 0.2) is 53.4 Å². The molecule has 150 valence electrons. The molecule has 2 atom stereocenters. The zero-order valence-corrected chi connectivity index (χ0v) is 16.3. The van der Waals surface area contributed by atoms with E-state index in [0.29, 0.717) is 10.8 Å². The van der Waals surface area contributed by atoms with E-state index in [-0.39, 0.29) is 24.5 Å². The molecule has 0 saturated carbocycles. The van der Waals surface area contributed by atoms with Gasteiger partial charge in [0.1, 0.15) is 17.6 Å². The number of aliphatic carboxylic acids is 1. The molecule has 1 saturated heterocycles. The van der Waals surface area contributed by atoms with Gasteiger partial charge in [0.05, 0.1) is 11.5 Å². The molecule has 1 fully saturated rings. The van der Waals surface area contributed by atoms with Gasteiger partial charge in [-0.3, -0.25) is 0 Å². The number of rotatable bonds is 6. The monoisotopic (exact) mass is 426 g/mol. The Hall–Kier alpha value is -2.13. The average Bonchev–Trinajstić information content (AvgIpc) is 2.67. The van der Waals surface area contributed by atoms with Crippen LogP contribution >= 0.6 is 11.6 Å². The van der Waals surface area contributed by atoms with Gasteiger partial charge < -0.3 is 19.7 Å². The Morgan fingerprint density at radius 2 is 1.96 bits per heavy atom. The molecule has 2 aromatic rings. The van der Waals surface area contributed by atoms with Crippen LogP contribution in [0.1, 0.15) is 12.0 Å². The Morgan fingerprint density at radius 1 is 1.25 bits per heavy atom. The lowest BCUT2D eigenvalue weighted by Gasteiger charge is -2.35. The van der Waals surface area contributed by atoms with Gasteiger partial charge in [-0.15, -0.1) is 0 Å². The Bertz CT molecular complexity index is 959. The first-order valence-electron chi connectivity index (χ1n) is 8.48. The minimum Gasteiger partial charge on any atom is -0.489 e. The van der Waals surface area contributed by atoms with Crippen LogP contribution < -0.4 is 4.74 Å². The summed E-state index contributed by atoms with van der Waals surface area (Å²) in [6.45, 7) is -0.265. The number of benzene rings is 2. The summed E-state index contributed by atoms with van der Waals surface area (Å²) in [5, 5.41) is 18.7. The smallest absolute Gasteiger partial charge is 0.339 e. The van der Waals surface area contributed by atoms with Crippen molar-refractivity contribution in [1.82, 2.24) is 0 Å². The highest BCUT2D eigenvalue weighted by atomic mass is 35.5. The molecule has 28 heavy (non-hydrogen) atoms. The van der Waals surface area contributed by atoms with E-state index in [9.17, 15) is 23.4 Å². The number of sulfone groups is 1. The van der Waals surface area contributed by atoms with Gasteiger partial charge in [-0.2, -0.15) is 0 Å². The summed E-state index contributed by atoms with van der Waals surface area (Å²) >= 11 is 5.92. The quantitative estimate of drug-likeness (QED) is 0.729. The van der Waals surface area contributed by atoms with Crippen molar-refractivity contribution in [2.24, 2.45) is 0 Å². The molecule has 9 heteroatoms. The zero-order valence-electron chi connectivity index (χ0n) is 14.7. The molecule has 0 radical (unpaired) electrons. The molecule has 0 aromatic heterocycles. The molecular weight excluding hydrogens is 408 g/mol. The third-order valence-electron chi connectivity index (χ3n) is 4.57. The number of carbonyl (C=O) groups is 1. The molecule has 7 nitrogen and oxygen atoms in total. The lowest BCUT2D eigenvalue weighted by atomic mass is 9.96. The van der Waals surface area contributed by atoms with E-state index in [4.69, 9.17) is 21.1 Å². The van der Waals surface area contributed by atoms with Gasteiger partial charge in [-0.05, 0) is 48.4 Å². The Labute approximate surface area is 167 Å². The van der Waals surface area contributed by atoms with E-state index in [2.05, 4.69) is 0 Å². The fourth-order valence-corrected chi connectivity index (χ4v) is 5.19. The number of carboxylic acid groups (broad SMARTS) is 1. The van der Waals surface area contributed by atoms with Crippen molar-refractivity contribution in [1.29, 1.82) is 0 Å². The lowest BCUT2D eigenvalue weighted by Crippen LogP contribution is -2.59. The minimum absolute atomic E-state index is 0.0559. The normalized spacial score (nSPS) is 22.6. The van der Waals surface area contributed by atoms with Crippen LogP contribution in [-0.2, 0) is 26.0 Å². The molecule has 2 N–H and O–H groups in total. The van der Waals surface area contributed by atoms with Gasteiger partial charge in [0, 0.05) is 11.6 Å². The third kappa shape index (κ3) is 4.15. The Balaban J connectivity index is 1.77. The van der Waals surface area contributed by atoms with Gasteiger partial charge in [0.25, 0.3) is 0 Å². The maximum Gasteiger partial charge on any atom is 0.339 e. The van der Waals surface area contributed by atoms with Crippen molar-refractivity contribution in [3.05, 3.63) is 59.1 Å². The molecule has 0 aliphatic carbocycles. The standard InChI is InChI=1S/C19H19ClO7S/c20-14-3-1-2-13(10-14)11-27-15-4-6-16(7-5-15)28(24,25)17-8-9-26-12-19(17,23)18(21)22/h1-7,10,17,23H,8-9,11-12H2,(H,21,22). The summed E-state index contributed by atoms with van der Waals surface area (Å²) < 4.78 is 36.4. The topological polar surface area (TPSA) is 110 Å². The SMILES string of the molecule is O=C(O)C1(O)COCCC1S(=O)(=O)c1ccc(OCc2cccc(Cl)c2)cc1. The fraction of sp³-hybridized carbons (Fsp3) is 0.316. The van der Waals surface area contributed by atoms with Crippen LogP contribution in [0.2, 0.25) is 5.02 Å². The van der Waals surface area contributed by atoms with Gasteiger partial charge in [-0.25, -0.2) is 13.2 Å². The number of aliphatic hydroxyl groups is 1. The number of halogens is 1. The zero-order chi connectivity index (χ0) is 20.4. The molecule has 0 amide bonds. The fourth-order valence-electron chi connectivity index (χ4n) is 3.04.